The zero-order valence-electron chi connectivity index (χ0n) is 18.5. The van der Waals surface area contributed by atoms with Crippen molar-refractivity contribution in [2.75, 3.05) is 0 Å². The maximum atomic E-state index is 2.78. The van der Waals surface area contributed by atoms with Crippen molar-refractivity contribution in [2.45, 2.75) is 59.3 Å². The molecule has 0 heterocycles. The Kier molecular flexibility index (Phi) is 7.24. The lowest BCUT2D eigenvalue weighted by Crippen LogP contribution is -2.21. The van der Waals surface area contributed by atoms with Crippen molar-refractivity contribution >= 4 is 14.5 Å². The minimum Gasteiger partial charge on any atom is -0.105 e. The molecular weight excluding hydrogens is 355 g/mol. The molecule has 1 atom stereocenters. The first-order chi connectivity index (χ1) is 13.0. The quantitative estimate of drug-likeness (QED) is 0.379. The molecule has 0 amide bonds. The minimum absolute atomic E-state index is 0.240. The van der Waals surface area contributed by atoms with E-state index in [1.54, 1.807) is 0 Å². The van der Waals surface area contributed by atoms with Crippen LogP contribution in [0.15, 0.2) is 72.8 Å². The highest BCUT2D eigenvalue weighted by molar-refractivity contribution is 7.28. The van der Waals surface area contributed by atoms with Gasteiger partial charge in [-0.2, -0.15) is 0 Å². The smallest absolute Gasteiger partial charge is 0.0110 e. The third kappa shape index (κ3) is 5.79. The van der Waals surface area contributed by atoms with Gasteiger partial charge in [0.15, 0.2) is 0 Å². The maximum absolute atomic E-state index is 2.78. The van der Waals surface area contributed by atoms with Gasteiger partial charge in [0.25, 0.3) is 0 Å². The van der Waals surface area contributed by atoms with E-state index in [9.17, 15) is 0 Å². The van der Waals surface area contributed by atoms with Gasteiger partial charge >= 0.3 is 0 Å². The minimum atomic E-state index is 0.240. The first-order valence-corrected chi connectivity index (χ1v) is 10.6. The Bertz CT molecular complexity index is 831. The van der Waals surface area contributed by atoms with Gasteiger partial charge in [-0.05, 0) is 50.9 Å². The molecule has 0 aliphatic heterocycles. The number of rotatable bonds is 1. The second kappa shape index (κ2) is 9.06. The molecule has 3 aromatic carbocycles. The largest absolute Gasteiger partial charge is 0.105 e. The summed E-state index contributed by atoms with van der Waals surface area (Å²) in [5, 5.41) is 1.25. The molecule has 0 aromatic heterocycles. The van der Waals surface area contributed by atoms with Gasteiger partial charge in [-0.1, -0.05) is 114 Å². The number of aryl methyl sites for hydroxylation is 1. The Balaban J connectivity index is 0.000000200. The fourth-order valence-electron chi connectivity index (χ4n) is 3.41. The van der Waals surface area contributed by atoms with Gasteiger partial charge in [-0.15, -0.1) is 9.24 Å². The molecule has 0 fully saturated rings. The highest BCUT2D eigenvalue weighted by Gasteiger charge is 2.23. The second-order valence-electron chi connectivity index (χ2n) is 9.45. The van der Waals surface area contributed by atoms with Crippen molar-refractivity contribution in [3.63, 3.8) is 0 Å². The van der Waals surface area contributed by atoms with E-state index >= 15 is 0 Å². The van der Waals surface area contributed by atoms with Crippen LogP contribution in [0, 0.1) is 6.92 Å². The van der Waals surface area contributed by atoms with E-state index in [0.717, 1.165) is 0 Å². The maximum Gasteiger partial charge on any atom is -0.0110 e. The molecule has 1 heteroatoms. The standard InChI is InChI=1S/C14H22.C13H13P/c1-13(2,3)11-9-7-8-10-12(11)14(4,5)6;1-10-6-2-3-7-11(10)12-8-4-5-9-13(12)14/h7-10H,1-6H3;2-9H,14H2,1H3. The van der Waals surface area contributed by atoms with Crippen LogP contribution >= 0.6 is 9.24 Å². The predicted octanol–water partition coefficient (Wildman–Crippen LogP) is 7.44. The van der Waals surface area contributed by atoms with E-state index in [1.807, 2.05) is 0 Å². The van der Waals surface area contributed by atoms with Crippen LogP contribution in [0.25, 0.3) is 11.1 Å². The van der Waals surface area contributed by atoms with Crippen LogP contribution in [0.1, 0.15) is 58.2 Å². The van der Waals surface area contributed by atoms with E-state index in [0.29, 0.717) is 0 Å². The molecule has 1 unspecified atom stereocenters. The average Bonchev–Trinajstić information content (AvgIpc) is 2.62. The summed E-state index contributed by atoms with van der Waals surface area (Å²) in [6, 6.07) is 25.7. The molecule has 0 saturated carbocycles. The van der Waals surface area contributed by atoms with Crippen molar-refractivity contribution < 1.29 is 0 Å². The molecular formula is C27H35P. The lowest BCUT2D eigenvalue weighted by Gasteiger charge is -2.29. The first kappa shape index (κ1) is 22.4. The average molecular weight is 391 g/mol. The Hall–Kier alpha value is -1.91. The second-order valence-corrected chi connectivity index (χ2v) is 10.1. The molecule has 3 rings (SSSR count). The summed E-state index contributed by atoms with van der Waals surface area (Å²) in [5.74, 6) is 0. The molecule has 0 spiro atoms. The van der Waals surface area contributed by atoms with Crippen LogP contribution in [0.5, 0.6) is 0 Å². The fraction of sp³-hybridized carbons (Fsp3) is 0.333. The van der Waals surface area contributed by atoms with Gasteiger partial charge in [0.05, 0.1) is 0 Å². The Morgan fingerprint density at radius 3 is 1.36 bits per heavy atom. The monoisotopic (exact) mass is 390 g/mol. The van der Waals surface area contributed by atoms with Gasteiger partial charge in [-0.3, -0.25) is 0 Å². The van der Waals surface area contributed by atoms with Gasteiger partial charge in [-0.25, -0.2) is 0 Å². The Labute approximate surface area is 174 Å². The van der Waals surface area contributed by atoms with E-state index < -0.39 is 0 Å². The molecule has 0 bridgehead atoms. The summed E-state index contributed by atoms with van der Waals surface area (Å²) in [6.45, 7) is 15.8. The highest BCUT2D eigenvalue weighted by atomic mass is 31.0. The summed E-state index contributed by atoms with van der Waals surface area (Å²) in [4.78, 5) is 0. The van der Waals surface area contributed by atoms with E-state index in [1.165, 1.54) is 33.1 Å². The van der Waals surface area contributed by atoms with Crippen LogP contribution in [-0.4, -0.2) is 0 Å². The van der Waals surface area contributed by atoms with E-state index in [-0.39, 0.29) is 10.8 Å². The Morgan fingerprint density at radius 2 is 0.929 bits per heavy atom. The van der Waals surface area contributed by atoms with Gasteiger partial charge in [0, 0.05) is 0 Å². The van der Waals surface area contributed by atoms with Crippen LogP contribution in [0.4, 0.5) is 0 Å². The summed E-state index contributed by atoms with van der Waals surface area (Å²) in [5.41, 5.74) is 7.35. The summed E-state index contributed by atoms with van der Waals surface area (Å²) < 4.78 is 0. The van der Waals surface area contributed by atoms with E-state index in [2.05, 4.69) is 131 Å². The van der Waals surface area contributed by atoms with Gasteiger partial charge in [0.2, 0.25) is 0 Å². The number of benzene rings is 3. The molecule has 0 radical (unpaired) electrons. The lowest BCUT2D eigenvalue weighted by atomic mass is 9.75. The molecule has 28 heavy (non-hydrogen) atoms. The molecule has 0 aliphatic carbocycles. The van der Waals surface area contributed by atoms with Crippen molar-refractivity contribution in [3.8, 4) is 11.1 Å². The van der Waals surface area contributed by atoms with Crippen molar-refractivity contribution in [3.05, 3.63) is 89.5 Å². The van der Waals surface area contributed by atoms with Crippen molar-refractivity contribution in [1.29, 1.82) is 0 Å². The zero-order chi connectivity index (χ0) is 20.9. The van der Waals surface area contributed by atoms with E-state index in [4.69, 9.17) is 0 Å². The third-order valence-corrected chi connectivity index (χ3v) is 5.44. The third-order valence-electron chi connectivity index (χ3n) is 4.94. The van der Waals surface area contributed by atoms with Crippen molar-refractivity contribution in [1.82, 2.24) is 0 Å². The lowest BCUT2D eigenvalue weighted by molar-refractivity contribution is 0.530. The van der Waals surface area contributed by atoms with Crippen LogP contribution in [0.2, 0.25) is 0 Å². The zero-order valence-corrected chi connectivity index (χ0v) is 19.7. The van der Waals surface area contributed by atoms with Crippen LogP contribution < -0.4 is 5.30 Å². The number of hydrogen-bond donors (Lipinski definition) is 0. The molecule has 0 aliphatic rings. The molecule has 0 saturated heterocycles. The highest BCUT2D eigenvalue weighted by Crippen LogP contribution is 2.33. The summed E-state index contributed by atoms with van der Waals surface area (Å²) >= 11 is 0. The SMILES string of the molecule is CC(C)(C)c1ccccc1C(C)(C)C.Cc1ccccc1-c1ccccc1P. The molecule has 0 N–H and O–H groups in total. The first-order valence-electron chi connectivity index (χ1n) is 10.0. The summed E-state index contributed by atoms with van der Waals surface area (Å²) in [6.07, 6.45) is 0. The fourth-order valence-corrected chi connectivity index (χ4v) is 3.77. The topological polar surface area (TPSA) is 0 Å². The van der Waals surface area contributed by atoms with Gasteiger partial charge < -0.3 is 0 Å². The molecule has 3 aromatic rings. The predicted molar refractivity (Wildman–Crippen MR) is 130 cm³/mol. The van der Waals surface area contributed by atoms with Crippen molar-refractivity contribution in [2.24, 2.45) is 0 Å². The van der Waals surface area contributed by atoms with Gasteiger partial charge in [0.1, 0.15) is 0 Å². The van der Waals surface area contributed by atoms with Crippen LogP contribution in [-0.2, 0) is 10.8 Å². The normalized spacial score (nSPS) is 11.6. The molecule has 0 nitrogen and oxygen atoms in total. The Morgan fingerprint density at radius 1 is 0.536 bits per heavy atom. The molecule has 148 valence electrons. The number of hydrogen-bond acceptors (Lipinski definition) is 0. The summed E-state index contributed by atoms with van der Waals surface area (Å²) in [7, 11) is 2.78. The van der Waals surface area contributed by atoms with Crippen LogP contribution in [0.3, 0.4) is 0 Å².